The Morgan fingerprint density at radius 3 is 2.02 bits per heavy atom. The summed E-state index contributed by atoms with van der Waals surface area (Å²) in [5.41, 5.74) is 4.25. The highest BCUT2D eigenvalue weighted by atomic mass is 16.7. The van der Waals surface area contributed by atoms with Gasteiger partial charge in [-0.15, -0.1) is 0 Å². The predicted octanol–water partition coefficient (Wildman–Crippen LogP) is 8.32. The number of anilines is 1. The maximum atomic E-state index is 12.3. The van der Waals surface area contributed by atoms with E-state index in [1.807, 2.05) is 54.6 Å². The molecule has 3 aromatic carbocycles. The minimum atomic E-state index is -0.518. The number of rotatable bonds is 16. The van der Waals surface area contributed by atoms with Crippen molar-refractivity contribution in [3.63, 3.8) is 0 Å². The molecule has 0 aromatic heterocycles. The molecule has 216 valence electrons. The van der Waals surface area contributed by atoms with Crippen molar-refractivity contribution in [2.45, 2.75) is 64.9 Å². The molecule has 1 amide bonds. The van der Waals surface area contributed by atoms with Crippen LogP contribution in [0.5, 0.6) is 11.5 Å². The fourth-order valence-electron chi connectivity index (χ4n) is 4.47. The van der Waals surface area contributed by atoms with Gasteiger partial charge in [0.15, 0.2) is 13.6 Å². The van der Waals surface area contributed by atoms with Crippen LogP contribution in [0.4, 0.5) is 10.5 Å². The molecule has 3 rings (SSSR count). The number of amides is 1. The van der Waals surface area contributed by atoms with Gasteiger partial charge in [-0.1, -0.05) is 88.9 Å². The van der Waals surface area contributed by atoms with E-state index in [9.17, 15) is 4.79 Å². The van der Waals surface area contributed by atoms with Crippen molar-refractivity contribution in [2.75, 3.05) is 33.1 Å². The zero-order valence-corrected chi connectivity index (χ0v) is 24.5. The van der Waals surface area contributed by atoms with Gasteiger partial charge in [0.1, 0.15) is 18.1 Å². The highest BCUT2D eigenvalue weighted by Gasteiger charge is 2.25. The molecule has 1 N–H and O–H groups in total. The van der Waals surface area contributed by atoms with E-state index in [2.05, 4.69) is 38.2 Å². The Morgan fingerprint density at radius 1 is 0.825 bits per heavy atom. The molecular weight excluding hydrogens is 506 g/mol. The lowest BCUT2D eigenvalue weighted by atomic mass is 9.79. The molecule has 0 aliphatic rings. The molecule has 0 bridgehead atoms. The summed E-state index contributed by atoms with van der Waals surface area (Å²) in [6, 6.07) is 21.2. The van der Waals surface area contributed by atoms with Crippen molar-refractivity contribution in [2.24, 2.45) is 0 Å². The first-order chi connectivity index (χ1) is 19.4. The maximum Gasteiger partial charge on any atom is 0.411 e. The lowest BCUT2D eigenvalue weighted by molar-refractivity contribution is 0.0466. The fourth-order valence-corrected chi connectivity index (χ4v) is 4.47. The van der Waals surface area contributed by atoms with Crippen LogP contribution in [-0.4, -0.2) is 33.9 Å². The zero-order chi connectivity index (χ0) is 28.8. The summed E-state index contributed by atoms with van der Waals surface area (Å²) in [6.07, 6.45) is 5.37. The Balaban J connectivity index is 1.85. The van der Waals surface area contributed by atoms with Crippen molar-refractivity contribution in [3.8, 4) is 22.6 Å². The van der Waals surface area contributed by atoms with Crippen LogP contribution in [-0.2, 0) is 26.2 Å². The summed E-state index contributed by atoms with van der Waals surface area (Å²) in [5.74, 6) is 1.32. The maximum absolute atomic E-state index is 12.3. The number of hydrogen-bond acceptors (Lipinski definition) is 6. The van der Waals surface area contributed by atoms with E-state index in [0.717, 1.165) is 35.1 Å². The lowest BCUT2D eigenvalue weighted by Gasteiger charge is -2.28. The molecule has 7 heteroatoms. The van der Waals surface area contributed by atoms with E-state index >= 15 is 0 Å². The van der Waals surface area contributed by atoms with Crippen LogP contribution >= 0.6 is 0 Å². The molecular formula is C33H43NO6. The van der Waals surface area contributed by atoms with Gasteiger partial charge in [0.05, 0.1) is 5.56 Å². The smallest absolute Gasteiger partial charge is 0.411 e. The second-order valence-electron chi connectivity index (χ2n) is 10.4. The van der Waals surface area contributed by atoms with Crippen LogP contribution in [0.1, 0.15) is 64.0 Å². The standard InChI is InChI=1S/C33H43NO6/c1-6-7-8-12-19-33(2,3)27-20-29(39-23-36-4)31(30(21-27)40-24-37-5)26-15-17-28(18-16-26)34-32(35)38-22-25-13-10-9-11-14-25/h9-11,13-18,20-21H,6-8,12,19,22-24H2,1-5H3,(H,34,35). The summed E-state index contributed by atoms with van der Waals surface area (Å²) in [4.78, 5) is 12.3. The molecule has 0 radical (unpaired) electrons. The molecule has 3 aromatic rings. The summed E-state index contributed by atoms with van der Waals surface area (Å²) in [5, 5.41) is 2.78. The molecule has 0 aliphatic carbocycles. The van der Waals surface area contributed by atoms with Crippen molar-refractivity contribution < 1.29 is 28.5 Å². The van der Waals surface area contributed by atoms with Gasteiger partial charge in [-0.2, -0.15) is 0 Å². The van der Waals surface area contributed by atoms with Crippen LogP contribution in [0, 0.1) is 0 Å². The normalized spacial score (nSPS) is 11.2. The van der Waals surface area contributed by atoms with E-state index < -0.39 is 6.09 Å². The molecule has 0 fully saturated rings. The van der Waals surface area contributed by atoms with Gasteiger partial charge >= 0.3 is 6.09 Å². The molecule has 0 unspecified atom stereocenters. The van der Waals surface area contributed by atoms with Crippen LogP contribution in [0.25, 0.3) is 11.1 Å². The van der Waals surface area contributed by atoms with Crippen molar-refractivity contribution in [1.82, 2.24) is 0 Å². The van der Waals surface area contributed by atoms with E-state index in [4.69, 9.17) is 23.7 Å². The molecule has 0 saturated heterocycles. The predicted molar refractivity (Wildman–Crippen MR) is 159 cm³/mol. The zero-order valence-electron chi connectivity index (χ0n) is 24.5. The first-order valence-corrected chi connectivity index (χ1v) is 13.9. The summed E-state index contributed by atoms with van der Waals surface area (Å²) in [6.45, 7) is 7.14. The fraction of sp³-hybridized carbons (Fsp3) is 0.424. The molecule has 0 atom stereocenters. The van der Waals surface area contributed by atoms with Gasteiger partial charge in [-0.05, 0) is 52.8 Å². The third-order valence-corrected chi connectivity index (χ3v) is 6.80. The van der Waals surface area contributed by atoms with Crippen molar-refractivity contribution >= 4 is 11.8 Å². The Labute approximate surface area is 238 Å². The summed E-state index contributed by atoms with van der Waals surface area (Å²) < 4.78 is 28.0. The Kier molecular flexibility index (Phi) is 12.3. The highest BCUT2D eigenvalue weighted by molar-refractivity contribution is 5.86. The number of nitrogens with one attached hydrogen (secondary N) is 1. The van der Waals surface area contributed by atoms with E-state index in [1.54, 1.807) is 14.2 Å². The van der Waals surface area contributed by atoms with Gasteiger partial charge in [0, 0.05) is 19.9 Å². The van der Waals surface area contributed by atoms with Gasteiger partial charge in [-0.25, -0.2) is 4.79 Å². The van der Waals surface area contributed by atoms with E-state index in [0.29, 0.717) is 17.2 Å². The SMILES string of the molecule is CCCCCCC(C)(C)c1cc(OCOC)c(-c2ccc(NC(=O)OCc3ccccc3)cc2)c(OCOC)c1. The van der Waals surface area contributed by atoms with Crippen LogP contribution < -0.4 is 14.8 Å². The molecule has 40 heavy (non-hydrogen) atoms. The first kappa shape index (κ1) is 31.0. The van der Waals surface area contributed by atoms with Gasteiger partial charge in [0.2, 0.25) is 0 Å². The number of carbonyl (C=O) groups excluding carboxylic acids is 1. The first-order valence-electron chi connectivity index (χ1n) is 13.9. The van der Waals surface area contributed by atoms with Crippen molar-refractivity contribution in [3.05, 3.63) is 77.9 Å². The van der Waals surface area contributed by atoms with Gasteiger partial charge in [0.25, 0.3) is 0 Å². The number of ether oxygens (including phenoxy) is 5. The van der Waals surface area contributed by atoms with E-state index in [-0.39, 0.29) is 25.6 Å². The number of unbranched alkanes of at least 4 members (excludes halogenated alkanes) is 3. The number of methoxy groups -OCH3 is 2. The molecule has 0 spiro atoms. The molecule has 7 nitrogen and oxygen atoms in total. The Morgan fingerprint density at radius 2 is 1.45 bits per heavy atom. The largest absolute Gasteiger partial charge is 0.467 e. The van der Waals surface area contributed by atoms with Crippen molar-refractivity contribution in [1.29, 1.82) is 0 Å². The minimum absolute atomic E-state index is 0.0729. The van der Waals surface area contributed by atoms with Gasteiger partial charge < -0.3 is 23.7 Å². The Bertz CT molecular complexity index is 1150. The Hall–Kier alpha value is -3.55. The molecule has 0 aliphatic heterocycles. The van der Waals surface area contributed by atoms with Gasteiger partial charge in [-0.3, -0.25) is 5.32 Å². The number of carbonyl (C=O) groups is 1. The quantitative estimate of drug-likeness (QED) is 0.143. The molecule has 0 heterocycles. The van der Waals surface area contributed by atoms with E-state index in [1.165, 1.54) is 19.3 Å². The second-order valence-corrected chi connectivity index (χ2v) is 10.4. The average molecular weight is 550 g/mol. The third-order valence-electron chi connectivity index (χ3n) is 6.80. The summed E-state index contributed by atoms with van der Waals surface area (Å²) >= 11 is 0. The number of benzene rings is 3. The summed E-state index contributed by atoms with van der Waals surface area (Å²) in [7, 11) is 3.20. The number of hydrogen-bond donors (Lipinski definition) is 1. The van der Waals surface area contributed by atoms with Crippen LogP contribution in [0.2, 0.25) is 0 Å². The lowest BCUT2D eigenvalue weighted by Crippen LogP contribution is -2.18. The molecule has 0 saturated carbocycles. The third kappa shape index (κ3) is 9.28. The minimum Gasteiger partial charge on any atom is -0.467 e. The topological polar surface area (TPSA) is 75.3 Å². The monoisotopic (exact) mass is 549 g/mol. The van der Waals surface area contributed by atoms with Crippen LogP contribution in [0.3, 0.4) is 0 Å². The van der Waals surface area contributed by atoms with Crippen LogP contribution in [0.15, 0.2) is 66.7 Å². The average Bonchev–Trinajstić information content (AvgIpc) is 2.97. The highest BCUT2D eigenvalue weighted by Crippen LogP contribution is 2.44. The second kappa shape index (κ2) is 15.9.